The van der Waals surface area contributed by atoms with Gasteiger partial charge in [0.2, 0.25) is 0 Å². The van der Waals surface area contributed by atoms with E-state index in [1.807, 2.05) is 0 Å². The van der Waals surface area contributed by atoms with E-state index in [9.17, 15) is 0 Å². The third-order valence-electron chi connectivity index (χ3n) is 0.366. The van der Waals surface area contributed by atoms with Crippen molar-refractivity contribution in [1.82, 2.24) is 0 Å². The van der Waals surface area contributed by atoms with Crippen LogP contribution < -0.4 is 0 Å². The maximum Gasteiger partial charge on any atom is 0.414 e. The zero-order chi connectivity index (χ0) is 10.3. The van der Waals surface area contributed by atoms with Crippen LogP contribution >= 0.6 is 0 Å². The average molecular weight is 378 g/mol. The van der Waals surface area contributed by atoms with Gasteiger partial charge in [0.15, 0.2) is 0 Å². The van der Waals surface area contributed by atoms with Gasteiger partial charge in [0.25, 0.3) is 0 Å². The molecule has 0 spiro atoms. The minimum atomic E-state index is -1.82. The first kappa shape index (κ1) is 23.4. The molecule has 8 nitrogen and oxygen atoms in total. The van der Waals surface area contributed by atoms with Crippen molar-refractivity contribution in [2.24, 2.45) is 0 Å². The second-order valence-corrected chi connectivity index (χ2v) is 1.22. The van der Waals surface area contributed by atoms with Gasteiger partial charge < -0.3 is 20.4 Å². The molecule has 0 aliphatic rings. The molecule has 0 aromatic carbocycles. The van der Waals surface area contributed by atoms with Gasteiger partial charge >= 0.3 is 23.9 Å². The third kappa shape index (κ3) is 22.6. The van der Waals surface area contributed by atoms with Gasteiger partial charge in [-0.25, -0.2) is 19.2 Å². The normalized spacial score (nSPS) is 6.29. The molecule has 80 valence electrons. The Balaban J connectivity index is -0.0000000625. The van der Waals surface area contributed by atoms with Crippen molar-refractivity contribution < 1.29 is 92.0 Å². The first-order chi connectivity index (χ1) is 5.29. The molecule has 2 radical (unpaired) electrons. The van der Waals surface area contributed by atoms with Crippen LogP contribution in [0.1, 0.15) is 0 Å². The minimum absolute atomic E-state index is 0. The molecule has 0 heterocycles. The fourth-order valence-corrected chi connectivity index (χ4v) is 0. The summed E-state index contributed by atoms with van der Waals surface area (Å²) in [4.78, 5) is 36.4. The van der Waals surface area contributed by atoms with Crippen molar-refractivity contribution in [2.45, 2.75) is 0 Å². The van der Waals surface area contributed by atoms with Gasteiger partial charge in [-0.15, -0.1) is 0 Å². The van der Waals surface area contributed by atoms with Gasteiger partial charge in [0.05, 0.1) is 0 Å². The summed E-state index contributed by atoms with van der Waals surface area (Å²) < 4.78 is 0. The maximum absolute atomic E-state index is 9.10. The van der Waals surface area contributed by atoms with Crippen LogP contribution in [0.3, 0.4) is 0 Å². The van der Waals surface area contributed by atoms with E-state index in [1.165, 1.54) is 0 Å². The van der Waals surface area contributed by atoms with E-state index in [1.54, 1.807) is 0 Å². The van der Waals surface area contributed by atoms with Gasteiger partial charge in [-0.1, -0.05) is 0 Å². The fraction of sp³-hybridized carbons (Fsp3) is 0. The predicted octanol–water partition coefficient (Wildman–Crippen LogP) is -1.69. The molecular formula is C4H4CoLaO8. The largest absolute Gasteiger partial charge is 0.473 e. The predicted molar refractivity (Wildman–Crippen MR) is 30.5 cm³/mol. The van der Waals surface area contributed by atoms with E-state index in [-0.39, 0.29) is 52.4 Å². The summed E-state index contributed by atoms with van der Waals surface area (Å²) in [6.07, 6.45) is 0. The van der Waals surface area contributed by atoms with Gasteiger partial charge in [-0.2, -0.15) is 0 Å². The first-order valence-electron chi connectivity index (χ1n) is 2.21. The Kier molecular flexibility index (Phi) is 21.0. The molecule has 0 unspecified atom stereocenters. The molecule has 0 aliphatic heterocycles. The third-order valence-corrected chi connectivity index (χ3v) is 0.366. The zero-order valence-electron chi connectivity index (χ0n) is 6.33. The quantitative estimate of drug-likeness (QED) is 0.365. The molecule has 0 aromatic rings. The molecule has 0 rings (SSSR count). The summed E-state index contributed by atoms with van der Waals surface area (Å²) in [5.41, 5.74) is 0. The molecule has 0 saturated heterocycles. The van der Waals surface area contributed by atoms with E-state index in [2.05, 4.69) is 0 Å². The molecule has 14 heavy (non-hydrogen) atoms. The number of hydrogen-bond acceptors (Lipinski definition) is 4. The SMILES string of the molecule is O=C(O)C(=O)O.O=C(O)C(=O)O.[Co].[La]. The van der Waals surface area contributed by atoms with Crippen molar-refractivity contribution >= 4 is 23.9 Å². The maximum atomic E-state index is 9.10. The van der Waals surface area contributed by atoms with Gasteiger partial charge in [0, 0.05) is 52.4 Å². The van der Waals surface area contributed by atoms with E-state index in [4.69, 9.17) is 39.6 Å². The van der Waals surface area contributed by atoms with Crippen LogP contribution in [0.15, 0.2) is 0 Å². The number of rotatable bonds is 0. The van der Waals surface area contributed by atoms with Crippen LogP contribution in [0.4, 0.5) is 0 Å². The molecule has 0 aromatic heterocycles. The molecule has 0 amide bonds. The van der Waals surface area contributed by atoms with Crippen molar-refractivity contribution in [3.8, 4) is 0 Å². The summed E-state index contributed by atoms with van der Waals surface area (Å²) in [6.45, 7) is 0. The second kappa shape index (κ2) is 12.6. The fourth-order valence-electron chi connectivity index (χ4n) is 0. The zero-order valence-corrected chi connectivity index (χ0v) is 11.0. The Morgan fingerprint density at radius 3 is 0.643 bits per heavy atom. The Morgan fingerprint density at radius 1 is 0.571 bits per heavy atom. The van der Waals surface area contributed by atoms with Crippen LogP contribution in [0.2, 0.25) is 0 Å². The number of hydrogen-bond donors (Lipinski definition) is 4. The molecule has 4 N–H and O–H groups in total. The van der Waals surface area contributed by atoms with Crippen LogP contribution in [-0.2, 0) is 36.0 Å². The summed E-state index contributed by atoms with van der Waals surface area (Å²) in [6, 6.07) is 0. The van der Waals surface area contributed by atoms with Crippen molar-refractivity contribution in [2.75, 3.05) is 0 Å². The Hall–Kier alpha value is -0.419. The topological polar surface area (TPSA) is 149 Å². The number of carbonyl (C=O) groups is 4. The average Bonchev–Trinajstić information content (AvgIpc) is 1.88. The van der Waals surface area contributed by atoms with E-state index < -0.39 is 23.9 Å². The monoisotopic (exact) mass is 378 g/mol. The number of aliphatic carboxylic acids is 4. The Morgan fingerprint density at radius 2 is 0.643 bits per heavy atom. The van der Waals surface area contributed by atoms with Crippen molar-refractivity contribution in [3.63, 3.8) is 0 Å². The van der Waals surface area contributed by atoms with Crippen LogP contribution in [-0.4, -0.2) is 44.3 Å². The van der Waals surface area contributed by atoms with Crippen molar-refractivity contribution in [1.29, 1.82) is 0 Å². The summed E-state index contributed by atoms with van der Waals surface area (Å²) in [5.74, 6) is -7.30. The van der Waals surface area contributed by atoms with Crippen molar-refractivity contribution in [3.05, 3.63) is 0 Å². The molecular weight excluding hydrogens is 374 g/mol. The van der Waals surface area contributed by atoms with Crippen LogP contribution in [0, 0.1) is 35.6 Å². The molecule has 0 aliphatic carbocycles. The van der Waals surface area contributed by atoms with Gasteiger partial charge in [-0.3, -0.25) is 0 Å². The Labute approximate surface area is 115 Å². The minimum Gasteiger partial charge on any atom is -0.473 e. The summed E-state index contributed by atoms with van der Waals surface area (Å²) in [7, 11) is 0. The molecule has 10 heteroatoms. The summed E-state index contributed by atoms with van der Waals surface area (Å²) >= 11 is 0. The van der Waals surface area contributed by atoms with E-state index >= 15 is 0 Å². The first-order valence-corrected chi connectivity index (χ1v) is 2.21. The second-order valence-electron chi connectivity index (χ2n) is 1.22. The Bertz CT molecular complexity index is 177. The van der Waals surface area contributed by atoms with Gasteiger partial charge in [-0.05, 0) is 0 Å². The van der Waals surface area contributed by atoms with E-state index in [0.717, 1.165) is 0 Å². The van der Waals surface area contributed by atoms with E-state index in [0.29, 0.717) is 0 Å². The summed E-state index contributed by atoms with van der Waals surface area (Å²) in [5, 5.41) is 29.6. The number of carboxylic acids is 4. The molecule has 0 atom stereocenters. The number of carboxylic acid groups (broad SMARTS) is 4. The van der Waals surface area contributed by atoms with Gasteiger partial charge in [0.1, 0.15) is 0 Å². The van der Waals surface area contributed by atoms with Crippen LogP contribution in [0.5, 0.6) is 0 Å². The van der Waals surface area contributed by atoms with Crippen LogP contribution in [0.25, 0.3) is 0 Å². The standard InChI is InChI=1S/2C2H2O4.Co.La/c2*3-1(4)2(5)6;;/h2*(H,3,4)(H,5,6);;. The molecule has 0 fully saturated rings. The molecule has 0 bridgehead atoms. The smallest absolute Gasteiger partial charge is 0.414 e. The molecule has 0 saturated carbocycles.